The van der Waals surface area contributed by atoms with Crippen LogP contribution in [-0.2, 0) is 0 Å². The average molecular weight is 140 g/mol. The van der Waals surface area contributed by atoms with Gasteiger partial charge in [0.15, 0.2) is 0 Å². The van der Waals surface area contributed by atoms with Gasteiger partial charge in [-0.2, -0.15) is 5.10 Å². The molecule has 0 aliphatic carbocycles. The number of rotatable bonds is 3. The van der Waals surface area contributed by atoms with Gasteiger partial charge < -0.3 is 5.32 Å². The first-order chi connectivity index (χ1) is 4.84. The van der Waals surface area contributed by atoms with E-state index in [1.54, 1.807) is 0 Å². The Morgan fingerprint density at radius 1 is 1.80 bits per heavy atom. The standard InChI is InChI=1S/C6H12N4/c1-3-7-5(2)6-8-4-9-10-6/h4-5,7H,3H2,1-2H3,(H,8,9,10)/t5-/m0/s1. The fraction of sp³-hybridized carbons (Fsp3) is 0.667. The first-order valence-electron chi connectivity index (χ1n) is 3.43. The molecule has 0 saturated carbocycles. The summed E-state index contributed by atoms with van der Waals surface area (Å²) in [6, 6.07) is 0.271. The van der Waals surface area contributed by atoms with Crippen molar-refractivity contribution in [1.29, 1.82) is 0 Å². The zero-order chi connectivity index (χ0) is 7.40. The van der Waals surface area contributed by atoms with Crippen molar-refractivity contribution in [2.24, 2.45) is 0 Å². The molecule has 0 fully saturated rings. The van der Waals surface area contributed by atoms with Gasteiger partial charge in [0, 0.05) is 0 Å². The van der Waals surface area contributed by atoms with Crippen molar-refractivity contribution >= 4 is 0 Å². The first-order valence-corrected chi connectivity index (χ1v) is 3.43. The summed E-state index contributed by atoms with van der Waals surface area (Å²) in [5.74, 6) is 0.891. The van der Waals surface area contributed by atoms with Gasteiger partial charge >= 0.3 is 0 Å². The second kappa shape index (κ2) is 3.31. The fourth-order valence-electron chi connectivity index (χ4n) is 0.826. The normalized spacial score (nSPS) is 13.4. The Kier molecular flexibility index (Phi) is 2.39. The maximum absolute atomic E-state index is 4.01. The van der Waals surface area contributed by atoms with E-state index in [1.165, 1.54) is 6.33 Å². The summed E-state index contributed by atoms with van der Waals surface area (Å²) in [6.45, 7) is 5.05. The molecule has 10 heavy (non-hydrogen) atoms. The van der Waals surface area contributed by atoms with Gasteiger partial charge in [0.1, 0.15) is 12.2 Å². The Morgan fingerprint density at radius 3 is 3.10 bits per heavy atom. The van der Waals surface area contributed by atoms with Crippen molar-refractivity contribution in [2.75, 3.05) is 6.54 Å². The fourth-order valence-corrected chi connectivity index (χ4v) is 0.826. The van der Waals surface area contributed by atoms with Crippen LogP contribution in [0.1, 0.15) is 25.7 Å². The lowest BCUT2D eigenvalue weighted by Gasteiger charge is -2.06. The van der Waals surface area contributed by atoms with E-state index in [0.717, 1.165) is 12.4 Å². The second-order valence-corrected chi connectivity index (χ2v) is 2.15. The van der Waals surface area contributed by atoms with Crippen molar-refractivity contribution in [3.8, 4) is 0 Å². The molecule has 4 heteroatoms. The highest BCUT2D eigenvalue weighted by Gasteiger charge is 2.04. The quantitative estimate of drug-likeness (QED) is 0.642. The van der Waals surface area contributed by atoms with E-state index >= 15 is 0 Å². The molecule has 56 valence electrons. The molecule has 0 unspecified atom stereocenters. The van der Waals surface area contributed by atoms with Crippen molar-refractivity contribution in [3.63, 3.8) is 0 Å². The third kappa shape index (κ3) is 1.54. The van der Waals surface area contributed by atoms with Gasteiger partial charge in [-0.3, -0.25) is 5.10 Å². The summed E-state index contributed by atoms with van der Waals surface area (Å²) in [5.41, 5.74) is 0. The maximum Gasteiger partial charge on any atom is 0.141 e. The lowest BCUT2D eigenvalue weighted by atomic mass is 10.3. The molecule has 0 aromatic carbocycles. The van der Waals surface area contributed by atoms with Crippen molar-refractivity contribution in [2.45, 2.75) is 19.9 Å². The van der Waals surface area contributed by atoms with E-state index < -0.39 is 0 Å². The Hall–Kier alpha value is -0.900. The van der Waals surface area contributed by atoms with Crippen LogP contribution in [0, 0.1) is 0 Å². The molecule has 0 radical (unpaired) electrons. The summed E-state index contributed by atoms with van der Waals surface area (Å²) in [7, 11) is 0. The van der Waals surface area contributed by atoms with E-state index in [1.807, 2.05) is 6.92 Å². The molecular weight excluding hydrogens is 128 g/mol. The smallest absolute Gasteiger partial charge is 0.141 e. The molecule has 4 nitrogen and oxygen atoms in total. The molecule has 1 aromatic heterocycles. The molecule has 1 rings (SSSR count). The predicted octanol–water partition coefficient (Wildman–Crippen LogP) is 0.475. The highest BCUT2D eigenvalue weighted by atomic mass is 15.2. The topological polar surface area (TPSA) is 53.6 Å². The zero-order valence-electron chi connectivity index (χ0n) is 6.26. The molecule has 0 aliphatic heterocycles. The lowest BCUT2D eigenvalue weighted by Crippen LogP contribution is -2.18. The number of H-pyrrole nitrogens is 1. The number of aromatic nitrogens is 3. The van der Waals surface area contributed by atoms with Crippen LogP contribution in [-0.4, -0.2) is 21.7 Å². The van der Waals surface area contributed by atoms with E-state index in [2.05, 4.69) is 27.4 Å². The molecular formula is C6H12N4. The maximum atomic E-state index is 4.01. The van der Waals surface area contributed by atoms with Crippen LogP contribution in [0.25, 0.3) is 0 Å². The zero-order valence-corrected chi connectivity index (χ0v) is 6.26. The summed E-state index contributed by atoms with van der Waals surface area (Å²) < 4.78 is 0. The number of nitrogens with one attached hydrogen (secondary N) is 2. The van der Waals surface area contributed by atoms with E-state index in [-0.39, 0.29) is 6.04 Å². The monoisotopic (exact) mass is 140 g/mol. The van der Waals surface area contributed by atoms with E-state index in [4.69, 9.17) is 0 Å². The highest BCUT2D eigenvalue weighted by molar-refractivity contribution is 4.87. The third-order valence-electron chi connectivity index (χ3n) is 1.35. The largest absolute Gasteiger partial charge is 0.308 e. The molecule has 0 bridgehead atoms. The van der Waals surface area contributed by atoms with E-state index in [0.29, 0.717) is 0 Å². The van der Waals surface area contributed by atoms with E-state index in [9.17, 15) is 0 Å². The third-order valence-corrected chi connectivity index (χ3v) is 1.35. The Bertz CT molecular complexity index is 170. The van der Waals surface area contributed by atoms with Crippen LogP contribution in [0.4, 0.5) is 0 Å². The molecule has 0 amide bonds. The molecule has 1 atom stereocenters. The minimum atomic E-state index is 0.271. The molecule has 0 saturated heterocycles. The Labute approximate surface area is 60.1 Å². The number of hydrogen-bond donors (Lipinski definition) is 2. The Morgan fingerprint density at radius 2 is 2.60 bits per heavy atom. The Balaban J connectivity index is 2.50. The van der Waals surface area contributed by atoms with Crippen molar-refractivity contribution in [1.82, 2.24) is 20.5 Å². The summed E-state index contributed by atoms with van der Waals surface area (Å²) in [5, 5.41) is 9.76. The van der Waals surface area contributed by atoms with Gasteiger partial charge in [-0.25, -0.2) is 4.98 Å². The van der Waals surface area contributed by atoms with Crippen LogP contribution < -0.4 is 5.32 Å². The van der Waals surface area contributed by atoms with Gasteiger partial charge in [-0.1, -0.05) is 6.92 Å². The van der Waals surface area contributed by atoms with Gasteiger partial charge in [-0.15, -0.1) is 0 Å². The predicted molar refractivity (Wildman–Crippen MR) is 38.5 cm³/mol. The molecule has 0 spiro atoms. The van der Waals surface area contributed by atoms with Gasteiger partial charge in [-0.05, 0) is 13.5 Å². The van der Waals surface area contributed by atoms with Crippen molar-refractivity contribution < 1.29 is 0 Å². The summed E-state index contributed by atoms with van der Waals surface area (Å²) in [4.78, 5) is 4.01. The highest BCUT2D eigenvalue weighted by Crippen LogP contribution is 2.01. The van der Waals surface area contributed by atoms with Crippen LogP contribution in [0.5, 0.6) is 0 Å². The van der Waals surface area contributed by atoms with Crippen LogP contribution >= 0.6 is 0 Å². The van der Waals surface area contributed by atoms with Crippen LogP contribution in [0.2, 0.25) is 0 Å². The SMILES string of the molecule is CCN[C@@H](C)c1ncn[nH]1. The molecule has 2 N–H and O–H groups in total. The minimum absolute atomic E-state index is 0.271. The summed E-state index contributed by atoms with van der Waals surface area (Å²) in [6.07, 6.45) is 1.52. The van der Waals surface area contributed by atoms with Gasteiger partial charge in [0.2, 0.25) is 0 Å². The second-order valence-electron chi connectivity index (χ2n) is 2.15. The van der Waals surface area contributed by atoms with Crippen LogP contribution in [0.15, 0.2) is 6.33 Å². The summed E-state index contributed by atoms with van der Waals surface area (Å²) >= 11 is 0. The number of nitrogens with zero attached hydrogens (tertiary/aromatic N) is 2. The lowest BCUT2D eigenvalue weighted by molar-refractivity contribution is 0.568. The minimum Gasteiger partial charge on any atom is -0.308 e. The van der Waals surface area contributed by atoms with Crippen molar-refractivity contribution in [3.05, 3.63) is 12.2 Å². The van der Waals surface area contributed by atoms with Crippen LogP contribution in [0.3, 0.4) is 0 Å². The van der Waals surface area contributed by atoms with Gasteiger partial charge in [0.25, 0.3) is 0 Å². The number of hydrogen-bond acceptors (Lipinski definition) is 3. The molecule has 1 heterocycles. The average Bonchev–Trinajstić information content (AvgIpc) is 2.38. The molecule has 1 aromatic rings. The van der Waals surface area contributed by atoms with Gasteiger partial charge in [0.05, 0.1) is 6.04 Å². The molecule has 0 aliphatic rings. The first kappa shape index (κ1) is 7.21. The number of aromatic amines is 1.